The van der Waals surface area contributed by atoms with E-state index in [0.717, 1.165) is 23.7 Å². The summed E-state index contributed by atoms with van der Waals surface area (Å²) in [5.41, 5.74) is 0.425. The highest BCUT2D eigenvalue weighted by atomic mass is 19.3. The molecule has 3 N–H and O–H groups in total. The Morgan fingerprint density at radius 1 is 1.15 bits per heavy atom. The molecule has 1 saturated heterocycles. The quantitative estimate of drug-likeness (QED) is 0.522. The van der Waals surface area contributed by atoms with Crippen molar-refractivity contribution >= 4 is 17.5 Å². The Kier molecular flexibility index (Phi) is 4.93. The van der Waals surface area contributed by atoms with Gasteiger partial charge in [-0.2, -0.15) is 18.4 Å². The molecule has 180 valence electrons. The number of alkyl halides is 2. The molecule has 0 amide bonds. The van der Waals surface area contributed by atoms with Gasteiger partial charge in [-0.25, -0.2) is 9.37 Å². The molecule has 0 atom stereocenters. The molecule has 0 bridgehead atoms. The Balaban J connectivity index is 1.38. The van der Waals surface area contributed by atoms with Gasteiger partial charge in [0.25, 0.3) is 5.82 Å². The Morgan fingerprint density at radius 3 is 2.62 bits per heavy atom. The summed E-state index contributed by atoms with van der Waals surface area (Å²) < 4.78 is 48.3. The number of tetrazole rings is 1. The van der Waals surface area contributed by atoms with Gasteiger partial charge in [0.2, 0.25) is 5.95 Å². The van der Waals surface area contributed by atoms with Crippen LogP contribution in [0.5, 0.6) is 5.75 Å². The van der Waals surface area contributed by atoms with Crippen molar-refractivity contribution in [1.82, 2.24) is 35.5 Å². The van der Waals surface area contributed by atoms with Crippen molar-refractivity contribution in [2.45, 2.75) is 63.8 Å². The van der Waals surface area contributed by atoms with Gasteiger partial charge in [-0.15, -0.1) is 5.10 Å². The van der Waals surface area contributed by atoms with E-state index in [1.807, 2.05) is 0 Å². The number of rotatable bonds is 4. The number of nitrogens with zero attached hydrogens (tertiary/aromatic N) is 6. The van der Waals surface area contributed by atoms with Crippen LogP contribution in [-0.2, 0) is 6.11 Å². The summed E-state index contributed by atoms with van der Waals surface area (Å²) in [7, 11) is 0. The first kappa shape index (κ1) is 22.3. The molecule has 4 heterocycles. The molecular weight excluding hydrogens is 451 g/mol. The number of hydrogen-bond acceptors (Lipinski definition) is 9. The van der Waals surface area contributed by atoms with Crippen LogP contribution < -0.4 is 20.7 Å². The van der Waals surface area contributed by atoms with Gasteiger partial charge in [-0.1, -0.05) is 0 Å². The SMILES string of the molecule is CC1(C)CC(Nc2nc(Nc3ccc4c(c3)-n3nnnc3C(F)(F)O4)ncc2F)CC(C)(C)N1. The predicted molar refractivity (Wildman–Crippen MR) is 117 cm³/mol. The van der Waals surface area contributed by atoms with Gasteiger partial charge in [0.05, 0.1) is 6.20 Å². The minimum atomic E-state index is -3.65. The largest absolute Gasteiger partial charge is 0.464 e. The molecule has 3 aromatic rings. The number of benzene rings is 1. The summed E-state index contributed by atoms with van der Waals surface area (Å²) in [6.07, 6.45) is -1.00. The van der Waals surface area contributed by atoms with E-state index in [1.165, 1.54) is 18.2 Å². The van der Waals surface area contributed by atoms with Crippen LogP contribution in [0, 0.1) is 5.82 Å². The summed E-state index contributed by atoms with van der Waals surface area (Å²) in [6, 6.07) is 4.39. The molecule has 2 aliphatic heterocycles. The van der Waals surface area contributed by atoms with E-state index >= 15 is 0 Å². The van der Waals surface area contributed by atoms with E-state index in [0.29, 0.717) is 5.69 Å². The summed E-state index contributed by atoms with van der Waals surface area (Å²) in [6.45, 7) is 8.44. The fourth-order valence-electron chi connectivity index (χ4n) is 4.84. The van der Waals surface area contributed by atoms with Gasteiger partial charge < -0.3 is 20.7 Å². The lowest BCUT2D eigenvalue weighted by Gasteiger charge is -2.46. The topological polar surface area (TPSA) is 115 Å². The molecule has 1 fully saturated rings. The zero-order valence-electron chi connectivity index (χ0n) is 19.0. The molecule has 5 rings (SSSR count). The Morgan fingerprint density at radius 2 is 1.88 bits per heavy atom. The van der Waals surface area contributed by atoms with E-state index in [2.05, 4.69) is 69.1 Å². The molecule has 2 aromatic heterocycles. The maximum atomic E-state index is 14.5. The van der Waals surface area contributed by atoms with Gasteiger partial charge in [0.15, 0.2) is 17.4 Å². The number of fused-ring (bicyclic) bond motifs is 3. The van der Waals surface area contributed by atoms with Crippen LogP contribution in [0.15, 0.2) is 24.4 Å². The molecule has 0 aliphatic carbocycles. The van der Waals surface area contributed by atoms with Crippen molar-refractivity contribution in [2.24, 2.45) is 0 Å². The summed E-state index contributed by atoms with van der Waals surface area (Å²) in [5.74, 6) is -1.17. The van der Waals surface area contributed by atoms with Gasteiger partial charge in [0, 0.05) is 22.8 Å². The first-order chi connectivity index (χ1) is 15.9. The number of aromatic nitrogens is 6. The highest BCUT2D eigenvalue weighted by Gasteiger charge is 2.46. The predicted octanol–water partition coefficient (Wildman–Crippen LogP) is 3.50. The van der Waals surface area contributed by atoms with Crippen LogP contribution >= 0.6 is 0 Å². The Labute approximate surface area is 193 Å². The van der Waals surface area contributed by atoms with Crippen molar-refractivity contribution in [1.29, 1.82) is 0 Å². The average molecular weight is 475 g/mol. The fraction of sp³-hybridized carbons (Fsp3) is 0.476. The van der Waals surface area contributed by atoms with Crippen molar-refractivity contribution in [3.8, 4) is 11.4 Å². The minimum Gasteiger partial charge on any atom is -0.424 e. The molecule has 0 saturated carbocycles. The number of ether oxygens (including phenoxy) is 1. The highest BCUT2D eigenvalue weighted by molar-refractivity contribution is 5.63. The summed E-state index contributed by atoms with van der Waals surface area (Å²) in [4.78, 5) is 8.31. The molecular formula is C21H24F3N9O. The number of hydrogen-bond donors (Lipinski definition) is 3. The van der Waals surface area contributed by atoms with E-state index in [4.69, 9.17) is 4.74 Å². The smallest absolute Gasteiger partial charge is 0.424 e. The van der Waals surface area contributed by atoms with Crippen LogP contribution in [-0.4, -0.2) is 47.3 Å². The molecule has 0 spiro atoms. The first-order valence-electron chi connectivity index (χ1n) is 10.8. The minimum absolute atomic E-state index is 0.00398. The fourth-order valence-corrected chi connectivity index (χ4v) is 4.84. The number of piperidine rings is 1. The van der Waals surface area contributed by atoms with Crippen molar-refractivity contribution in [2.75, 3.05) is 10.6 Å². The highest BCUT2D eigenvalue weighted by Crippen LogP contribution is 2.40. The van der Waals surface area contributed by atoms with Crippen LogP contribution in [0.25, 0.3) is 5.69 Å². The second kappa shape index (κ2) is 7.52. The van der Waals surface area contributed by atoms with Crippen LogP contribution in [0.1, 0.15) is 46.4 Å². The van der Waals surface area contributed by atoms with E-state index < -0.39 is 17.8 Å². The van der Waals surface area contributed by atoms with Gasteiger partial charge in [0.1, 0.15) is 5.69 Å². The summed E-state index contributed by atoms with van der Waals surface area (Å²) in [5, 5.41) is 20.1. The standard InChI is InChI=1S/C21H24F3N9O/c1-19(2)8-12(9-20(3,4)30-19)26-16-13(22)10-25-18(28-16)27-11-5-6-15-14(7-11)33-17(29-31-32-33)21(23,24)34-15/h5-7,10,12,30H,8-9H2,1-4H3,(H2,25,26,27,28). The average Bonchev–Trinajstić information content (AvgIpc) is 3.20. The maximum absolute atomic E-state index is 14.5. The van der Waals surface area contributed by atoms with E-state index in [1.54, 1.807) is 0 Å². The lowest BCUT2D eigenvalue weighted by molar-refractivity contribution is -0.197. The van der Waals surface area contributed by atoms with Crippen molar-refractivity contribution in [3.63, 3.8) is 0 Å². The lowest BCUT2D eigenvalue weighted by atomic mass is 9.79. The molecule has 10 nitrogen and oxygen atoms in total. The second-order valence-electron chi connectivity index (χ2n) is 9.87. The lowest BCUT2D eigenvalue weighted by Crippen LogP contribution is -2.60. The summed E-state index contributed by atoms with van der Waals surface area (Å²) >= 11 is 0. The molecule has 13 heteroatoms. The zero-order valence-corrected chi connectivity index (χ0v) is 19.0. The van der Waals surface area contributed by atoms with Crippen molar-refractivity contribution in [3.05, 3.63) is 36.0 Å². The van der Waals surface area contributed by atoms with Gasteiger partial charge in [-0.05, 0) is 69.2 Å². The zero-order chi connectivity index (χ0) is 24.3. The maximum Gasteiger partial charge on any atom is 0.464 e. The molecule has 34 heavy (non-hydrogen) atoms. The monoisotopic (exact) mass is 475 g/mol. The third kappa shape index (κ3) is 4.22. The van der Waals surface area contributed by atoms with Gasteiger partial charge in [-0.3, -0.25) is 0 Å². The van der Waals surface area contributed by atoms with E-state index in [-0.39, 0.29) is 40.3 Å². The Hall–Kier alpha value is -3.48. The van der Waals surface area contributed by atoms with Crippen LogP contribution in [0.2, 0.25) is 0 Å². The normalized spacial score (nSPS) is 20.1. The first-order valence-corrected chi connectivity index (χ1v) is 10.8. The number of halogens is 3. The van der Waals surface area contributed by atoms with Crippen LogP contribution in [0.4, 0.5) is 30.6 Å². The van der Waals surface area contributed by atoms with Crippen LogP contribution in [0.3, 0.4) is 0 Å². The number of nitrogens with one attached hydrogen (secondary N) is 3. The number of anilines is 3. The molecule has 1 aromatic carbocycles. The second-order valence-corrected chi connectivity index (χ2v) is 9.87. The van der Waals surface area contributed by atoms with E-state index in [9.17, 15) is 13.2 Å². The Bertz CT molecular complexity index is 1230. The molecule has 2 aliphatic rings. The van der Waals surface area contributed by atoms with Gasteiger partial charge >= 0.3 is 6.11 Å². The third-order valence-electron chi connectivity index (χ3n) is 5.69. The third-order valence-corrected chi connectivity index (χ3v) is 5.69. The molecule has 0 radical (unpaired) electrons. The molecule has 0 unspecified atom stereocenters. The van der Waals surface area contributed by atoms with Crippen molar-refractivity contribution < 1.29 is 17.9 Å².